The molecule has 0 bridgehead atoms. The number of fused-ring (bicyclic) bond motifs is 3. The summed E-state index contributed by atoms with van der Waals surface area (Å²) >= 11 is 6.38. The molecule has 0 saturated carbocycles. The molecular formula is C26H24ClFN2O4S. The van der Waals surface area contributed by atoms with Gasteiger partial charge in [-0.25, -0.2) is 12.8 Å². The van der Waals surface area contributed by atoms with Gasteiger partial charge in [-0.1, -0.05) is 29.8 Å². The molecule has 9 heteroatoms. The molecule has 182 valence electrons. The molecule has 0 saturated heterocycles. The van der Waals surface area contributed by atoms with Crippen LogP contribution in [0.4, 0.5) is 15.8 Å². The van der Waals surface area contributed by atoms with Crippen molar-refractivity contribution in [3.63, 3.8) is 0 Å². The fraction of sp³-hybridized carbons (Fsp3) is 0.231. The third-order valence-electron chi connectivity index (χ3n) is 6.59. The Morgan fingerprint density at radius 3 is 2.60 bits per heavy atom. The topological polar surface area (TPSA) is 76.7 Å². The van der Waals surface area contributed by atoms with Crippen LogP contribution < -0.4 is 19.5 Å². The van der Waals surface area contributed by atoms with Crippen molar-refractivity contribution in [1.29, 1.82) is 0 Å². The third-order valence-corrected chi connectivity index (χ3v) is 8.30. The summed E-state index contributed by atoms with van der Waals surface area (Å²) in [4.78, 5) is 0.134. The number of hydrogen-bond acceptors (Lipinski definition) is 5. The van der Waals surface area contributed by atoms with Crippen molar-refractivity contribution >= 4 is 33.0 Å². The fourth-order valence-corrected chi connectivity index (χ4v) is 6.31. The molecule has 3 aromatic carbocycles. The minimum Gasteiger partial charge on any atom is -0.493 e. The predicted octanol–water partition coefficient (Wildman–Crippen LogP) is 6.12. The summed E-state index contributed by atoms with van der Waals surface area (Å²) in [7, 11) is -0.880. The minimum atomic E-state index is -3.88. The van der Waals surface area contributed by atoms with Gasteiger partial charge < -0.3 is 14.8 Å². The number of methoxy groups -OCH3 is 2. The van der Waals surface area contributed by atoms with Gasteiger partial charge in [0.25, 0.3) is 10.0 Å². The highest BCUT2D eigenvalue weighted by Crippen LogP contribution is 2.51. The maximum Gasteiger partial charge on any atom is 0.261 e. The zero-order valence-electron chi connectivity index (χ0n) is 19.1. The van der Waals surface area contributed by atoms with Crippen molar-refractivity contribution in [2.45, 2.75) is 23.3 Å². The number of nitrogens with one attached hydrogen (secondary N) is 2. The van der Waals surface area contributed by atoms with Crippen LogP contribution in [-0.2, 0) is 10.0 Å². The molecule has 3 atom stereocenters. The number of sulfonamides is 1. The molecule has 35 heavy (non-hydrogen) atoms. The molecule has 5 rings (SSSR count). The predicted molar refractivity (Wildman–Crippen MR) is 135 cm³/mol. The summed E-state index contributed by atoms with van der Waals surface area (Å²) < 4.78 is 54.3. The van der Waals surface area contributed by atoms with E-state index in [2.05, 4.69) is 22.2 Å². The van der Waals surface area contributed by atoms with Crippen molar-refractivity contribution in [3.05, 3.63) is 88.7 Å². The summed E-state index contributed by atoms with van der Waals surface area (Å²) in [6, 6.07) is 14.1. The maximum absolute atomic E-state index is 14.7. The van der Waals surface area contributed by atoms with Gasteiger partial charge in [-0.3, -0.25) is 4.72 Å². The molecule has 0 spiro atoms. The second-order valence-electron chi connectivity index (χ2n) is 8.54. The Hall–Kier alpha value is -3.23. The van der Waals surface area contributed by atoms with E-state index in [0.29, 0.717) is 27.8 Å². The van der Waals surface area contributed by atoms with Gasteiger partial charge in [0.2, 0.25) is 0 Å². The normalized spacial score (nSPS) is 20.5. The van der Waals surface area contributed by atoms with E-state index in [1.807, 2.05) is 0 Å². The molecule has 1 aliphatic carbocycles. The minimum absolute atomic E-state index is 0.00802. The summed E-state index contributed by atoms with van der Waals surface area (Å²) in [6.07, 6.45) is 4.84. The molecule has 0 unspecified atom stereocenters. The fourth-order valence-electron chi connectivity index (χ4n) is 4.95. The van der Waals surface area contributed by atoms with Gasteiger partial charge in [-0.05, 0) is 60.4 Å². The lowest BCUT2D eigenvalue weighted by molar-refractivity contribution is 0.355. The monoisotopic (exact) mass is 514 g/mol. The first-order valence-corrected chi connectivity index (χ1v) is 12.9. The largest absolute Gasteiger partial charge is 0.493 e. The Bertz CT molecular complexity index is 1410. The Labute approximate surface area is 208 Å². The second kappa shape index (κ2) is 9.09. The highest BCUT2D eigenvalue weighted by molar-refractivity contribution is 7.92. The molecule has 1 aliphatic heterocycles. The van der Waals surface area contributed by atoms with E-state index in [1.54, 1.807) is 42.5 Å². The summed E-state index contributed by atoms with van der Waals surface area (Å²) in [6.45, 7) is 0. The van der Waals surface area contributed by atoms with Crippen LogP contribution in [0.1, 0.15) is 29.5 Å². The van der Waals surface area contributed by atoms with Crippen LogP contribution in [0.5, 0.6) is 11.5 Å². The average Bonchev–Trinajstić information content (AvgIpc) is 3.34. The van der Waals surface area contributed by atoms with Crippen LogP contribution in [0.25, 0.3) is 0 Å². The third kappa shape index (κ3) is 4.21. The summed E-state index contributed by atoms with van der Waals surface area (Å²) in [5.41, 5.74) is 2.39. The molecule has 0 amide bonds. The van der Waals surface area contributed by atoms with E-state index in [9.17, 15) is 12.8 Å². The number of benzene rings is 3. The quantitative estimate of drug-likeness (QED) is 0.387. The molecule has 2 aliphatic rings. The summed E-state index contributed by atoms with van der Waals surface area (Å²) in [5.74, 6) is 0.497. The van der Waals surface area contributed by atoms with Crippen molar-refractivity contribution in [2.24, 2.45) is 5.92 Å². The zero-order valence-corrected chi connectivity index (χ0v) is 20.7. The van der Waals surface area contributed by atoms with Crippen LogP contribution >= 0.6 is 11.6 Å². The molecular weight excluding hydrogens is 491 g/mol. The van der Waals surface area contributed by atoms with Crippen LogP contribution in [-0.4, -0.2) is 22.6 Å². The highest BCUT2D eigenvalue weighted by atomic mass is 35.5. The van der Waals surface area contributed by atoms with E-state index < -0.39 is 10.0 Å². The van der Waals surface area contributed by atoms with Gasteiger partial charge in [0.1, 0.15) is 5.82 Å². The van der Waals surface area contributed by atoms with Crippen molar-refractivity contribution in [2.75, 3.05) is 24.3 Å². The molecule has 6 nitrogen and oxygen atoms in total. The Morgan fingerprint density at radius 2 is 1.86 bits per heavy atom. The van der Waals surface area contributed by atoms with Gasteiger partial charge in [0, 0.05) is 28.3 Å². The number of halogens is 2. The van der Waals surface area contributed by atoms with E-state index in [4.69, 9.17) is 21.1 Å². The Kier molecular flexibility index (Phi) is 6.11. The van der Waals surface area contributed by atoms with Crippen LogP contribution in [0, 0.1) is 11.7 Å². The zero-order chi connectivity index (χ0) is 24.7. The first-order valence-electron chi connectivity index (χ1n) is 11.1. The first-order chi connectivity index (χ1) is 16.8. The standard InChI is InChI=1S/C26H24ClFN2O4S/c1-33-23-12-9-15(13-24(23)34-2)30-35(31,32)16-10-11-22-19(14-16)17-5-3-6-18(17)26(29-22)25-20(27)7-4-8-21(25)28/h3-5,7-14,17-18,26,29-30H,6H2,1-2H3/t17-,18+,26-/m0/s1. The lowest BCUT2D eigenvalue weighted by Gasteiger charge is -2.38. The molecule has 3 aromatic rings. The number of ether oxygens (including phenoxy) is 2. The molecule has 0 aromatic heterocycles. The molecule has 1 heterocycles. The van der Waals surface area contributed by atoms with E-state index in [-0.39, 0.29) is 28.6 Å². The van der Waals surface area contributed by atoms with Crippen LogP contribution in [0.2, 0.25) is 5.02 Å². The van der Waals surface area contributed by atoms with Gasteiger partial charge in [-0.15, -0.1) is 0 Å². The van der Waals surface area contributed by atoms with E-state index in [0.717, 1.165) is 17.7 Å². The smallest absolute Gasteiger partial charge is 0.261 e. The number of allylic oxidation sites excluding steroid dienone is 2. The van der Waals surface area contributed by atoms with E-state index >= 15 is 0 Å². The van der Waals surface area contributed by atoms with Crippen molar-refractivity contribution in [3.8, 4) is 11.5 Å². The lowest BCUT2D eigenvalue weighted by atomic mass is 9.77. The number of hydrogen-bond donors (Lipinski definition) is 2. The van der Waals surface area contributed by atoms with Gasteiger partial charge >= 0.3 is 0 Å². The van der Waals surface area contributed by atoms with Gasteiger partial charge in [0.05, 0.1) is 30.8 Å². The lowest BCUT2D eigenvalue weighted by Crippen LogP contribution is -2.30. The second-order valence-corrected chi connectivity index (χ2v) is 10.6. The number of anilines is 2. The van der Waals surface area contributed by atoms with E-state index in [1.165, 1.54) is 26.4 Å². The Balaban J connectivity index is 1.48. The van der Waals surface area contributed by atoms with Gasteiger partial charge in [-0.2, -0.15) is 0 Å². The Morgan fingerprint density at radius 1 is 1.06 bits per heavy atom. The van der Waals surface area contributed by atoms with Crippen LogP contribution in [0.15, 0.2) is 71.6 Å². The van der Waals surface area contributed by atoms with Crippen LogP contribution in [0.3, 0.4) is 0 Å². The van der Waals surface area contributed by atoms with Crippen molar-refractivity contribution in [1.82, 2.24) is 0 Å². The summed E-state index contributed by atoms with van der Waals surface area (Å²) in [5, 5.41) is 3.78. The molecule has 0 fully saturated rings. The average molecular weight is 515 g/mol. The molecule has 0 radical (unpaired) electrons. The first kappa shape index (κ1) is 23.5. The van der Waals surface area contributed by atoms with Gasteiger partial charge in [0.15, 0.2) is 11.5 Å². The highest BCUT2D eigenvalue weighted by Gasteiger charge is 2.40. The number of rotatable bonds is 6. The SMILES string of the molecule is COc1ccc(NS(=O)(=O)c2ccc3c(c2)[C@H]2C=CC[C@H]2[C@@H](c2c(F)cccc2Cl)N3)cc1OC. The van der Waals surface area contributed by atoms with Crippen molar-refractivity contribution < 1.29 is 22.3 Å². The maximum atomic E-state index is 14.7. The molecule has 2 N–H and O–H groups in total.